The van der Waals surface area contributed by atoms with E-state index in [1.807, 2.05) is 13.8 Å². The number of fused-ring (bicyclic) bond motifs is 1. The third-order valence-electron chi connectivity index (χ3n) is 3.97. The Hall–Kier alpha value is -0.0800. The van der Waals surface area contributed by atoms with E-state index in [-0.39, 0.29) is 0 Å². The van der Waals surface area contributed by atoms with Crippen LogP contribution in [0.5, 0.6) is 0 Å². The molecule has 0 aromatic heterocycles. The number of rotatable bonds is 1. The minimum absolute atomic E-state index is 0.459. The molecule has 82 valence electrons. The van der Waals surface area contributed by atoms with Gasteiger partial charge in [0.15, 0.2) is 0 Å². The van der Waals surface area contributed by atoms with E-state index in [1.165, 1.54) is 0 Å². The molecule has 0 bridgehead atoms. The Morgan fingerprint density at radius 3 is 1.71 bits per heavy atom. The summed E-state index contributed by atoms with van der Waals surface area (Å²) < 4.78 is 0. The second-order valence-electron chi connectivity index (χ2n) is 6.62. The molecule has 1 saturated carbocycles. The highest BCUT2D eigenvalue weighted by Crippen LogP contribution is 2.60. The van der Waals surface area contributed by atoms with Crippen LogP contribution in [0.4, 0.5) is 0 Å². The van der Waals surface area contributed by atoms with Crippen LogP contribution < -0.4 is 0 Å². The molecule has 2 rings (SSSR count). The summed E-state index contributed by atoms with van der Waals surface area (Å²) in [5.74, 6) is 2.59. The molecule has 1 aliphatic carbocycles. The van der Waals surface area contributed by atoms with Gasteiger partial charge in [0.25, 0.3) is 0 Å². The second-order valence-corrected chi connectivity index (χ2v) is 6.62. The van der Waals surface area contributed by atoms with Crippen LogP contribution >= 0.6 is 0 Å². The van der Waals surface area contributed by atoms with Gasteiger partial charge in [-0.2, -0.15) is 0 Å². The first-order valence-corrected chi connectivity index (χ1v) is 5.68. The van der Waals surface area contributed by atoms with Crippen molar-refractivity contribution in [2.45, 2.75) is 40.3 Å². The quantitative estimate of drug-likeness (QED) is 0.694. The maximum atomic E-state index is 9.87. The zero-order chi connectivity index (χ0) is 10.7. The van der Waals surface area contributed by atoms with Gasteiger partial charge in [-0.3, -0.25) is 4.90 Å². The lowest BCUT2D eigenvalue weighted by molar-refractivity contribution is -0.0752. The molecule has 0 aromatic rings. The molecular formula is C12H23NO. The van der Waals surface area contributed by atoms with Crippen molar-refractivity contribution in [2.24, 2.45) is 23.2 Å². The van der Waals surface area contributed by atoms with Crippen LogP contribution in [0.2, 0.25) is 0 Å². The van der Waals surface area contributed by atoms with Crippen molar-refractivity contribution in [1.82, 2.24) is 4.90 Å². The van der Waals surface area contributed by atoms with E-state index >= 15 is 0 Å². The van der Waals surface area contributed by atoms with Crippen molar-refractivity contribution in [3.05, 3.63) is 0 Å². The van der Waals surface area contributed by atoms with Crippen LogP contribution in [-0.4, -0.2) is 28.8 Å². The van der Waals surface area contributed by atoms with Gasteiger partial charge in [-0.1, -0.05) is 20.8 Å². The molecule has 1 heterocycles. The Morgan fingerprint density at radius 2 is 1.43 bits per heavy atom. The van der Waals surface area contributed by atoms with Crippen LogP contribution in [0.1, 0.15) is 34.6 Å². The largest absolute Gasteiger partial charge is 0.376 e. The van der Waals surface area contributed by atoms with Crippen molar-refractivity contribution in [1.29, 1.82) is 0 Å². The average Bonchev–Trinajstić information content (AvgIpc) is 2.46. The summed E-state index contributed by atoms with van der Waals surface area (Å²) in [6.07, 6.45) is 0. The van der Waals surface area contributed by atoms with Gasteiger partial charge in [-0.15, -0.1) is 0 Å². The fraction of sp³-hybridized carbons (Fsp3) is 1.00. The second kappa shape index (κ2) is 2.73. The van der Waals surface area contributed by atoms with E-state index < -0.39 is 5.72 Å². The molecule has 2 fully saturated rings. The fourth-order valence-electron chi connectivity index (χ4n) is 3.26. The van der Waals surface area contributed by atoms with Crippen LogP contribution in [0.3, 0.4) is 0 Å². The Bertz CT molecular complexity index is 212. The van der Waals surface area contributed by atoms with Crippen LogP contribution in [0.15, 0.2) is 0 Å². The molecule has 2 unspecified atom stereocenters. The van der Waals surface area contributed by atoms with E-state index in [4.69, 9.17) is 0 Å². The van der Waals surface area contributed by atoms with E-state index in [2.05, 4.69) is 25.7 Å². The highest BCUT2D eigenvalue weighted by Gasteiger charge is 2.61. The zero-order valence-electron chi connectivity index (χ0n) is 10.0. The van der Waals surface area contributed by atoms with Crippen LogP contribution in [-0.2, 0) is 0 Å². The lowest BCUT2D eigenvalue weighted by atomic mass is 9.87. The molecule has 2 aliphatic rings. The van der Waals surface area contributed by atoms with Crippen molar-refractivity contribution in [3.63, 3.8) is 0 Å². The maximum absolute atomic E-state index is 9.87. The Labute approximate surface area is 87.3 Å². The molecule has 1 aliphatic heterocycles. The number of likely N-dealkylation sites (tertiary alicyclic amines) is 1. The van der Waals surface area contributed by atoms with Crippen LogP contribution in [0, 0.1) is 23.2 Å². The topological polar surface area (TPSA) is 23.5 Å². The van der Waals surface area contributed by atoms with Crippen molar-refractivity contribution in [2.75, 3.05) is 13.1 Å². The van der Waals surface area contributed by atoms with Gasteiger partial charge in [-0.25, -0.2) is 0 Å². The van der Waals surface area contributed by atoms with E-state index in [1.54, 1.807) is 0 Å². The molecular weight excluding hydrogens is 174 g/mol. The van der Waals surface area contributed by atoms with Gasteiger partial charge in [0.2, 0.25) is 0 Å². The number of piperidine rings is 1. The number of hydrogen-bond acceptors (Lipinski definition) is 2. The van der Waals surface area contributed by atoms with E-state index in [0.29, 0.717) is 5.41 Å². The smallest absolute Gasteiger partial charge is 0.112 e. The minimum atomic E-state index is -0.615. The summed E-state index contributed by atoms with van der Waals surface area (Å²) in [6.45, 7) is 13.0. The average molecular weight is 197 g/mol. The number of hydrogen-bond donors (Lipinski definition) is 1. The highest BCUT2D eigenvalue weighted by molar-refractivity contribution is 5.10. The summed E-state index contributed by atoms with van der Waals surface area (Å²) in [6, 6.07) is 0. The SMILES string of the molecule is CC(C)(C)C1C2CN(C(C)(C)O)CC21. The molecule has 1 N–H and O–H groups in total. The van der Waals surface area contributed by atoms with Gasteiger partial charge in [0, 0.05) is 13.1 Å². The summed E-state index contributed by atoms with van der Waals surface area (Å²) in [4.78, 5) is 2.21. The summed E-state index contributed by atoms with van der Waals surface area (Å²) in [5, 5.41) is 9.87. The first-order valence-electron chi connectivity index (χ1n) is 5.68. The van der Waals surface area contributed by atoms with Crippen molar-refractivity contribution >= 4 is 0 Å². The molecule has 2 nitrogen and oxygen atoms in total. The molecule has 0 amide bonds. The minimum Gasteiger partial charge on any atom is -0.376 e. The molecule has 0 spiro atoms. The Kier molecular flexibility index (Phi) is 2.04. The molecule has 1 saturated heterocycles. The predicted octanol–water partition coefficient (Wildman–Crippen LogP) is 1.94. The standard InChI is InChI=1S/C12H23NO/c1-11(2,3)10-8-6-13(7-9(8)10)12(4,5)14/h8-10,14H,6-7H2,1-5H3. The first kappa shape index (κ1) is 10.4. The molecule has 2 heteroatoms. The molecule has 14 heavy (non-hydrogen) atoms. The van der Waals surface area contributed by atoms with Gasteiger partial charge in [-0.05, 0) is 37.0 Å². The predicted molar refractivity (Wildman–Crippen MR) is 57.8 cm³/mol. The van der Waals surface area contributed by atoms with E-state index in [0.717, 1.165) is 30.8 Å². The molecule has 0 aromatic carbocycles. The first-order chi connectivity index (χ1) is 6.21. The lowest BCUT2D eigenvalue weighted by Crippen LogP contribution is -2.44. The Balaban J connectivity index is 1.94. The highest BCUT2D eigenvalue weighted by atomic mass is 16.3. The van der Waals surface area contributed by atoms with Gasteiger partial charge in [0.05, 0.1) is 0 Å². The van der Waals surface area contributed by atoms with Crippen molar-refractivity contribution in [3.8, 4) is 0 Å². The summed E-state index contributed by atoms with van der Waals surface area (Å²) in [5.41, 5.74) is -0.156. The Morgan fingerprint density at radius 1 is 1.00 bits per heavy atom. The zero-order valence-corrected chi connectivity index (χ0v) is 10.0. The number of aliphatic hydroxyl groups is 1. The molecule has 2 atom stereocenters. The van der Waals surface area contributed by atoms with Crippen molar-refractivity contribution < 1.29 is 5.11 Å². The normalized spacial score (nSPS) is 38.6. The van der Waals surface area contributed by atoms with Gasteiger partial charge < -0.3 is 5.11 Å². The third kappa shape index (κ3) is 1.59. The lowest BCUT2D eigenvalue weighted by Gasteiger charge is -2.33. The third-order valence-corrected chi connectivity index (χ3v) is 3.97. The maximum Gasteiger partial charge on any atom is 0.112 e. The summed E-state index contributed by atoms with van der Waals surface area (Å²) >= 11 is 0. The number of nitrogens with zero attached hydrogens (tertiary/aromatic N) is 1. The van der Waals surface area contributed by atoms with Gasteiger partial charge >= 0.3 is 0 Å². The monoisotopic (exact) mass is 197 g/mol. The molecule has 0 radical (unpaired) electrons. The van der Waals surface area contributed by atoms with Gasteiger partial charge in [0.1, 0.15) is 5.72 Å². The van der Waals surface area contributed by atoms with E-state index in [9.17, 15) is 5.11 Å². The summed E-state index contributed by atoms with van der Waals surface area (Å²) in [7, 11) is 0. The van der Waals surface area contributed by atoms with Crippen LogP contribution in [0.25, 0.3) is 0 Å². The fourth-order valence-corrected chi connectivity index (χ4v) is 3.26.